The number of nitrogens with one attached hydrogen (secondary N) is 4. The van der Waals surface area contributed by atoms with E-state index in [1.165, 1.54) is 12.1 Å². The summed E-state index contributed by atoms with van der Waals surface area (Å²) in [6.07, 6.45) is 0.804. The Hall–Kier alpha value is -4.36. The average Bonchev–Trinajstić information content (AvgIpc) is 3.52. The number of carbonyl (C=O) groups excluding carboxylic acids is 2. The van der Waals surface area contributed by atoms with Gasteiger partial charge in [-0.1, -0.05) is 6.07 Å². The highest BCUT2D eigenvalue weighted by atomic mass is 19.1. The van der Waals surface area contributed by atoms with Crippen LogP contribution in [0.5, 0.6) is 11.5 Å². The number of fused-ring (bicyclic) bond motifs is 3. The fourth-order valence-electron chi connectivity index (χ4n) is 4.62. The van der Waals surface area contributed by atoms with Crippen molar-refractivity contribution in [2.45, 2.75) is 19.4 Å². The molecular weight excluding hydrogens is 547 g/mol. The Morgan fingerprint density at radius 1 is 0.976 bits per heavy atom. The third-order valence-electron chi connectivity index (χ3n) is 6.62. The van der Waals surface area contributed by atoms with Crippen molar-refractivity contribution in [1.29, 1.82) is 0 Å². The van der Waals surface area contributed by atoms with E-state index < -0.39 is 0 Å². The molecule has 0 saturated heterocycles. The lowest BCUT2D eigenvalue weighted by Crippen LogP contribution is -2.35. The Morgan fingerprint density at radius 2 is 1.69 bits per heavy atom. The molecule has 4 N–H and O–H groups in total. The van der Waals surface area contributed by atoms with E-state index in [2.05, 4.69) is 21.3 Å². The summed E-state index contributed by atoms with van der Waals surface area (Å²) in [5.74, 6) is 1.35. The minimum absolute atomic E-state index is 0.135. The van der Waals surface area contributed by atoms with Gasteiger partial charge in [-0.05, 0) is 35.9 Å². The molecule has 12 nitrogen and oxygen atoms in total. The number of hydrogen-bond acceptors (Lipinski definition) is 8. The predicted molar refractivity (Wildman–Crippen MR) is 155 cm³/mol. The van der Waals surface area contributed by atoms with Gasteiger partial charge in [-0.15, -0.1) is 0 Å². The van der Waals surface area contributed by atoms with Crippen molar-refractivity contribution < 1.29 is 32.9 Å². The van der Waals surface area contributed by atoms with Gasteiger partial charge in [-0.25, -0.2) is 9.18 Å². The summed E-state index contributed by atoms with van der Waals surface area (Å²) < 4.78 is 37.5. The van der Waals surface area contributed by atoms with Crippen LogP contribution in [0.4, 0.5) is 20.7 Å². The molecular formula is C29H37FN6O6. The topological polar surface area (TPSA) is 137 Å². The summed E-state index contributed by atoms with van der Waals surface area (Å²) in [6, 6.07) is 9.81. The van der Waals surface area contributed by atoms with E-state index in [1.807, 2.05) is 12.1 Å². The van der Waals surface area contributed by atoms with E-state index in [0.717, 1.165) is 22.4 Å². The molecule has 0 fully saturated rings. The van der Waals surface area contributed by atoms with Crippen LogP contribution in [0.3, 0.4) is 0 Å². The van der Waals surface area contributed by atoms with Crippen LogP contribution in [0.2, 0.25) is 0 Å². The van der Waals surface area contributed by atoms with Gasteiger partial charge in [0, 0.05) is 49.8 Å². The SMILES string of the molecule is CNC(=O)NCCOCCOCCNC(=O)CCn1nc(Nc2cccc(F)c2)c2c1-c1cc(OC)c(OC)cc1C2. The first kappa shape index (κ1) is 30.6. The lowest BCUT2D eigenvalue weighted by atomic mass is 10.1. The Bertz CT molecular complexity index is 1380. The van der Waals surface area contributed by atoms with Crippen LogP contribution in [0.25, 0.3) is 11.3 Å². The van der Waals surface area contributed by atoms with Crippen LogP contribution in [0, 0.1) is 5.82 Å². The summed E-state index contributed by atoms with van der Waals surface area (Å²) in [6.45, 7) is 2.60. The van der Waals surface area contributed by atoms with Crippen molar-refractivity contribution in [2.75, 3.05) is 66.1 Å². The molecule has 0 radical (unpaired) electrons. The second-order valence-electron chi connectivity index (χ2n) is 9.41. The van der Waals surface area contributed by atoms with Gasteiger partial charge < -0.3 is 40.2 Å². The summed E-state index contributed by atoms with van der Waals surface area (Å²) in [5, 5.41) is 15.9. The number of urea groups is 1. The van der Waals surface area contributed by atoms with Crippen LogP contribution in [0.15, 0.2) is 36.4 Å². The number of benzene rings is 2. The first-order valence-corrected chi connectivity index (χ1v) is 13.7. The number of amides is 3. The zero-order chi connectivity index (χ0) is 29.9. The number of aryl methyl sites for hydroxylation is 1. The maximum absolute atomic E-state index is 13.8. The van der Waals surface area contributed by atoms with E-state index in [0.29, 0.717) is 75.5 Å². The minimum Gasteiger partial charge on any atom is -0.493 e. The number of methoxy groups -OCH3 is 2. The van der Waals surface area contributed by atoms with Gasteiger partial charge in [0.25, 0.3) is 0 Å². The lowest BCUT2D eigenvalue weighted by Gasteiger charge is -2.12. The normalized spacial score (nSPS) is 11.4. The van der Waals surface area contributed by atoms with Gasteiger partial charge in [-0.3, -0.25) is 9.48 Å². The van der Waals surface area contributed by atoms with Crippen molar-refractivity contribution in [2.24, 2.45) is 0 Å². The maximum Gasteiger partial charge on any atom is 0.314 e. The number of hydrogen-bond donors (Lipinski definition) is 4. The Morgan fingerprint density at radius 3 is 2.38 bits per heavy atom. The van der Waals surface area contributed by atoms with E-state index in [9.17, 15) is 14.0 Å². The number of halogens is 1. The fourth-order valence-corrected chi connectivity index (χ4v) is 4.62. The van der Waals surface area contributed by atoms with Gasteiger partial charge in [0.2, 0.25) is 5.91 Å². The van der Waals surface area contributed by atoms with Gasteiger partial charge in [-0.2, -0.15) is 5.10 Å². The smallest absolute Gasteiger partial charge is 0.314 e. The summed E-state index contributed by atoms with van der Waals surface area (Å²) in [5.41, 5.74) is 4.40. The molecule has 0 atom stereocenters. The Balaban J connectivity index is 1.32. The third kappa shape index (κ3) is 7.89. The van der Waals surface area contributed by atoms with E-state index >= 15 is 0 Å². The maximum atomic E-state index is 13.8. The summed E-state index contributed by atoms with van der Waals surface area (Å²) in [4.78, 5) is 23.7. The number of aromatic nitrogens is 2. The van der Waals surface area contributed by atoms with Crippen LogP contribution >= 0.6 is 0 Å². The molecule has 3 amide bonds. The van der Waals surface area contributed by atoms with Crippen molar-refractivity contribution in [3.63, 3.8) is 0 Å². The molecule has 0 unspecified atom stereocenters. The molecule has 1 aliphatic rings. The second-order valence-corrected chi connectivity index (χ2v) is 9.41. The van der Waals surface area contributed by atoms with Crippen molar-refractivity contribution in [3.8, 4) is 22.8 Å². The molecule has 0 bridgehead atoms. The van der Waals surface area contributed by atoms with Gasteiger partial charge in [0.1, 0.15) is 5.82 Å². The highest BCUT2D eigenvalue weighted by Crippen LogP contribution is 2.45. The second kappa shape index (κ2) is 15.0. The zero-order valence-corrected chi connectivity index (χ0v) is 24.0. The van der Waals surface area contributed by atoms with Crippen molar-refractivity contribution >= 4 is 23.4 Å². The van der Waals surface area contributed by atoms with Crippen molar-refractivity contribution in [3.05, 3.63) is 53.3 Å². The number of anilines is 2. The Labute approximate surface area is 243 Å². The van der Waals surface area contributed by atoms with Gasteiger partial charge >= 0.3 is 6.03 Å². The molecule has 2 aromatic carbocycles. The molecule has 3 aromatic rings. The number of carbonyl (C=O) groups is 2. The highest BCUT2D eigenvalue weighted by Gasteiger charge is 2.30. The zero-order valence-electron chi connectivity index (χ0n) is 24.0. The van der Waals surface area contributed by atoms with Crippen LogP contribution < -0.4 is 30.7 Å². The standard InChI is InChI=1S/C29H37FN6O6/c1-31-29(38)33-9-12-42-14-13-41-11-8-32-26(37)7-10-36-27-22-18-25(40-3)24(39-2)16-19(22)15-23(27)28(35-36)34-21-6-4-5-20(30)17-21/h4-6,16-18H,7-15H2,1-3H3,(H,32,37)(H,34,35)(H2,31,33,38). The summed E-state index contributed by atoms with van der Waals surface area (Å²) >= 11 is 0. The molecule has 13 heteroatoms. The van der Waals surface area contributed by atoms with Gasteiger partial charge in [0.15, 0.2) is 17.3 Å². The number of nitrogens with zero attached hydrogens (tertiary/aromatic N) is 2. The van der Waals surface area contributed by atoms with E-state index in [1.54, 1.807) is 38.1 Å². The Kier molecular flexibility index (Phi) is 11.0. The molecule has 0 saturated carbocycles. The van der Waals surface area contributed by atoms with Crippen LogP contribution in [-0.4, -0.2) is 82.5 Å². The molecule has 4 rings (SSSR count). The minimum atomic E-state index is -0.350. The van der Waals surface area contributed by atoms with Gasteiger partial charge in [0.05, 0.1) is 52.9 Å². The monoisotopic (exact) mass is 584 g/mol. The van der Waals surface area contributed by atoms with E-state index in [-0.39, 0.29) is 24.2 Å². The average molecular weight is 585 g/mol. The molecule has 226 valence electrons. The molecule has 0 aliphatic heterocycles. The largest absolute Gasteiger partial charge is 0.493 e. The first-order valence-electron chi connectivity index (χ1n) is 13.7. The lowest BCUT2D eigenvalue weighted by molar-refractivity contribution is -0.121. The predicted octanol–water partition coefficient (Wildman–Crippen LogP) is 2.82. The quantitative estimate of drug-likeness (QED) is 0.148. The molecule has 1 heterocycles. The number of ether oxygens (including phenoxy) is 4. The summed E-state index contributed by atoms with van der Waals surface area (Å²) in [7, 11) is 4.73. The fraction of sp³-hybridized carbons (Fsp3) is 0.414. The third-order valence-corrected chi connectivity index (χ3v) is 6.62. The highest BCUT2D eigenvalue weighted by molar-refractivity contribution is 5.82. The molecule has 42 heavy (non-hydrogen) atoms. The van der Waals surface area contributed by atoms with E-state index in [4.69, 9.17) is 24.0 Å². The first-order chi connectivity index (χ1) is 20.4. The molecule has 1 aliphatic carbocycles. The van der Waals surface area contributed by atoms with Crippen LogP contribution in [-0.2, 0) is 27.2 Å². The van der Waals surface area contributed by atoms with Crippen molar-refractivity contribution in [1.82, 2.24) is 25.7 Å². The number of rotatable bonds is 16. The van der Waals surface area contributed by atoms with Crippen LogP contribution in [0.1, 0.15) is 17.5 Å². The molecule has 0 spiro atoms. The molecule has 1 aromatic heterocycles.